The van der Waals surface area contributed by atoms with Crippen LogP contribution < -0.4 is 10.1 Å². The number of sulfone groups is 1. The fraction of sp³-hybridized carbons (Fsp3) is 0.579. The maximum atomic E-state index is 12.0. The molecule has 1 N–H and O–H groups in total. The summed E-state index contributed by atoms with van der Waals surface area (Å²) in [5, 5.41) is 2.64. The molecular formula is C19H27NO6S. The third-order valence-electron chi connectivity index (χ3n) is 4.39. The zero-order valence-electron chi connectivity index (χ0n) is 15.8. The number of benzene rings is 1. The minimum absolute atomic E-state index is 0.0520. The molecule has 1 aliphatic heterocycles. The normalized spacial score (nSPS) is 20.8. The van der Waals surface area contributed by atoms with Crippen molar-refractivity contribution < 1.29 is 27.5 Å². The predicted molar refractivity (Wildman–Crippen MR) is 102 cm³/mol. The van der Waals surface area contributed by atoms with Gasteiger partial charge in [0.1, 0.15) is 5.75 Å². The van der Waals surface area contributed by atoms with Crippen molar-refractivity contribution in [1.82, 2.24) is 5.32 Å². The third-order valence-corrected chi connectivity index (χ3v) is 6.29. The molecule has 1 atom stereocenters. The van der Waals surface area contributed by atoms with Gasteiger partial charge in [-0.2, -0.15) is 0 Å². The Hall–Kier alpha value is -2.09. The highest BCUT2D eigenvalue weighted by atomic mass is 32.2. The highest BCUT2D eigenvalue weighted by Gasteiger charge is 2.39. The quantitative estimate of drug-likeness (QED) is 0.506. The number of ether oxygens (including phenoxy) is 2. The van der Waals surface area contributed by atoms with E-state index in [1.165, 1.54) is 0 Å². The molecule has 27 heavy (non-hydrogen) atoms. The first kappa shape index (κ1) is 21.2. The summed E-state index contributed by atoms with van der Waals surface area (Å²) in [5.74, 6) is -0.503. The van der Waals surface area contributed by atoms with Crippen LogP contribution in [0, 0.1) is 0 Å². The zero-order chi connectivity index (χ0) is 19.9. The van der Waals surface area contributed by atoms with E-state index in [1.54, 1.807) is 31.2 Å². The van der Waals surface area contributed by atoms with Crippen LogP contribution in [-0.2, 0) is 19.4 Å². The van der Waals surface area contributed by atoms with Crippen LogP contribution in [0.3, 0.4) is 0 Å². The van der Waals surface area contributed by atoms with Crippen LogP contribution in [0.25, 0.3) is 0 Å². The van der Waals surface area contributed by atoms with Gasteiger partial charge in [0.15, 0.2) is 16.4 Å². The number of unbranched alkanes of at least 4 members (excludes halogenated alkanes) is 2. The van der Waals surface area contributed by atoms with E-state index in [9.17, 15) is 18.0 Å². The van der Waals surface area contributed by atoms with Crippen LogP contribution >= 0.6 is 0 Å². The molecule has 0 saturated carbocycles. The zero-order valence-corrected chi connectivity index (χ0v) is 16.6. The van der Waals surface area contributed by atoms with Gasteiger partial charge in [0.2, 0.25) is 0 Å². The minimum Gasteiger partial charge on any atom is -0.494 e. The summed E-state index contributed by atoms with van der Waals surface area (Å²) >= 11 is 0. The smallest absolute Gasteiger partial charge is 0.338 e. The highest BCUT2D eigenvalue weighted by Crippen LogP contribution is 2.22. The SMILES string of the molecule is CCCCCOc1ccc(C(=O)OCC(=O)N[C@@]2(C)CCS(=O)(=O)C2)cc1. The van der Waals surface area contributed by atoms with Gasteiger partial charge in [0, 0.05) is 0 Å². The molecule has 1 aliphatic rings. The van der Waals surface area contributed by atoms with Gasteiger partial charge < -0.3 is 14.8 Å². The van der Waals surface area contributed by atoms with E-state index in [2.05, 4.69) is 12.2 Å². The lowest BCUT2D eigenvalue weighted by molar-refractivity contribution is -0.125. The molecule has 0 aromatic heterocycles. The Morgan fingerprint density at radius 3 is 2.48 bits per heavy atom. The van der Waals surface area contributed by atoms with E-state index in [0.717, 1.165) is 19.3 Å². The topological polar surface area (TPSA) is 98.8 Å². The molecule has 1 heterocycles. The van der Waals surface area contributed by atoms with Gasteiger partial charge in [0.25, 0.3) is 5.91 Å². The maximum absolute atomic E-state index is 12.0. The first-order valence-electron chi connectivity index (χ1n) is 9.14. The number of carbonyl (C=O) groups is 2. The van der Waals surface area contributed by atoms with Gasteiger partial charge in [-0.25, -0.2) is 13.2 Å². The number of amides is 1. The number of esters is 1. The molecule has 1 fully saturated rings. The highest BCUT2D eigenvalue weighted by molar-refractivity contribution is 7.91. The third kappa shape index (κ3) is 6.86. The molecule has 1 amide bonds. The molecule has 0 radical (unpaired) electrons. The number of nitrogens with one attached hydrogen (secondary N) is 1. The molecule has 0 unspecified atom stereocenters. The van der Waals surface area contributed by atoms with E-state index >= 15 is 0 Å². The Kier molecular flexibility index (Phi) is 7.24. The lowest BCUT2D eigenvalue weighted by Crippen LogP contribution is -2.48. The van der Waals surface area contributed by atoms with E-state index < -0.39 is 33.9 Å². The number of rotatable bonds is 9. The molecule has 1 aromatic carbocycles. The Labute approximate surface area is 160 Å². The van der Waals surface area contributed by atoms with E-state index in [1.807, 2.05) is 0 Å². The molecule has 1 aromatic rings. The Bertz CT molecular complexity index is 759. The second-order valence-corrected chi connectivity index (χ2v) is 9.29. The van der Waals surface area contributed by atoms with E-state index in [0.29, 0.717) is 24.3 Å². The lowest BCUT2D eigenvalue weighted by atomic mass is 10.0. The van der Waals surface area contributed by atoms with Gasteiger partial charge in [-0.1, -0.05) is 19.8 Å². The molecule has 1 saturated heterocycles. The molecule has 2 rings (SSSR count). The van der Waals surface area contributed by atoms with Crippen molar-refractivity contribution in [2.45, 2.75) is 45.1 Å². The van der Waals surface area contributed by atoms with Crippen LogP contribution in [0.1, 0.15) is 49.9 Å². The molecular weight excluding hydrogens is 370 g/mol. The monoisotopic (exact) mass is 397 g/mol. The van der Waals surface area contributed by atoms with Crippen LogP contribution in [0.4, 0.5) is 0 Å². The fourth-order valence-corrected chi connectivity index (χ4v) is 5.02. The second-order valence-electron chi connectivity index (χ2n) is 7.11. The van der Waals surface area contributed by atoms with Crippen LogP contribution in [0.15, 0.2) is 24.3 Å². The first-order chi connectivity index (χ1) is 12.7. The number of hydrogen-bond acceptors (Lipinski definition) is 6. The van der Waals surface area contributed by atoms with Crippen LogP contribution in [0.5, 0.6) is 5.75 Å². The molecule has 8 heteroatoms. The van der Waals surface area contributed by atoms with E-state index in [-0.39, 0.29) is 11.5 Å². The van der Waals surface area contributed by atoms with Crippen LogP contribution in [-0.4, -0.2) is 50.6 Å². The Morgan fingerprint density at radius 2 is 1.89 bits per heavy atom. The summed E-state index contributed by atoms with van der Waals surface area (Å²) in [5.41, 5.74) is -0.489. The fourth-order valence-electron chi connectivity index (χ4n) is 2.93. The van der Waals surface area contributed by atoms with Crippen molar-refractivity contribution in [2.75, 3.05) is 24.7 Å². The summed E-state index contributed by atoms with van der Waals surface area (Å²) in [6.45, 7) is 3.98. The van der Waals surface area contributed by atoms with Gasteiger partial charge in [0.05, 0.1) is 29.2 Å². The van der Waals surface area contributed by atoms with Gasteiger partial charge in [-0.3, -0.25) is 4.79 Å². The summed E-state index contributed by atoms with van der Waals surface area (Å²) in [7, 11) is -3.12. The number of carbonyl (C=O) groups excluding carboxylic acids is 2. The maximum Gasteiger partial charge on any atom is 0.338 e. The molecule has 0 bridgehead atoms. The first-order valence-corrected chi connectivity index (χ1v) is 11.0. The average molecular weight is 397 g/mol. The van der Waals surface area contributed by atoms with Gasteiger partial charge in [-0.15, -0.1) is 0 Å². The van der Waals surface area contributed by atoms with Gasteiger partial charge in [-0.05, 0) is 44.0 Å². The van der Waals surface area contributed by atoms with Crippen molar-refractivity contribution in [2.24, 2.45) is 0 Å². The minimum atomic E-state index is -3.12. The Morgan fingerprint density at radius 1 is 1.19 bits per heavy atom. The van der Waals surface area contributed by atoms with Crippen molar-refractivity contribution in [1.29, 1.82) is 0 Å². The van der Waals surface area contributed by atoms with Crippen molar-refractivity contribution in [3.63, 3.8) is 0 Å². The molecule has 150 valence electrons. The van der Waals surface area contributed by atoms with E-state index in [4.69, 9.17) is 9.47 Å². The summed E-state index contributed by atoms with van der Waals surface area (Å²) in [6, 6.07) is 6.54. The second kappa shape index (κ2) is 9.21. The lowest BCUT2D eigenvalue weighted by Gasteiger charge is -2.23. The molecule has 7 nitrogen and oxygen atoms in total. The Balaban J connectivity index is 1.77. The van der Waals surface area contributed by atoms with Crippen molar-refractivity contribution >= 4 is 21.7 Å². The summed E-state index contributed by atoms with van der Waals surface area (Å²) in [4.78, 5) is 24.0. The van der Waals surface area contributed by atoms with Crippen molar-refractivity contribution in [3.05, 3.63) is 29.8 Å². The predicted octanol–water partition coefficient (Wildman–Crippen LogP) is 2.11. The summed E-state index contributed by atoms with van der Waals surface area (Å²) < 4.78 is 33.7. The van der Waals surface area contributed by atoms with Crippen molar-refractivity contribution in [3.8, 4) is 5.75 Å². The van der Waals surface area contributed by atoms with Gasteiger partial charge >= 0.3 is 5.97 Å². The number of hydrogen-bond donors (Lipinski definition) is 1. The molecule has 0 spiro atoms. The standard InChI is InChI=1S/C19H27NO6S/c1-3-4-5-11-25-16-8-6-15(7-9-16)18(22)26-13-17(21)20-19(2)10-12-27(23,24)14-19/h6-9H,3-5,10-14H2,1-2H3,(H,20,21)/t19-/m0/s1. The molecule has 0 aliphatic carbocycles. The largest absolute Gasteiger partial charge is 0.494 e. The summed E-state index contributed by atoms with van der Waals surface area (Å²) in [6.07, 6.45) is 3.57. The average Bonchev–Trinajstić information content (AvgIpc) is 2.90. The van der Waals surface area contributed by atoms with Crippen LogP contribution in [0.2, 0.25) is 0 Å².